The molecule has 1 aromatic heterocycles. The van der Waals surface area contributed by atoms with Crippen LogP contribution < -0.4 is 0 Å². The van der Waals surface area contributed by atoms with Gasteiger partial charge in [0.15, 0.2) is 0 Å². The summed E-state index contributed by atoms with van der Waals surface area (Å²) < 4.78 is 1.87. The zero-order valence-electron chi connectivity index (χ0n) is 13.6. The van der Waals surface area contributed by atoms with E-state index in [0.717, 1.165) is 50.8 Å². The van der Waals surface area contributed by atoms with Crippen molar-refractivity contribution in [2.45, 2.75) is 43.6 Å². The molecule has 2 aliphatic rings. The summed E-state index contributed by atoms with van der Waals surface area (Å²) in [6.07, 6.45) is 8.57. The van der Waals surface area contributed by atoms with Crippen molar-refractivity contribution in [1.82, 2.24) is 19.9 Å². The van der Waals surface area contributed by atoms with Crippen LogP contribution in [0, 0.1) is 0 Å². The van der Waals surface area contributed by atoms with Crippen LogP contribution in [0.25, 0.3) is 0 Å². The Hall–Kier alpha value is -1.88. The maximum atomic E-state index is 13.4. The second-order valence-electron chi connectivity index (χ2n) is 6.87. The van der Waals surface area contributed by atoms with Gasteiger partial charge in [0.25, 0.3) is 0 Å². The minimum atomic E-state index is -0.373. The van der Waals surface area contributed by atoms with Crippen LogP contribution in [-0.2, 0) is 10.2 Å². The highest BCUT2D eigenvalue weighted by Crippen LogP contribution is 2.43. The Bertz CT molecular complexity index is 707. The molecule has 0 radical (unpaired) electrons. The average Bonchev–Trinajstić information content (AvgIpc) is 3.34. The molecule has 0 spiro atoms. The van der Waals surface area contributed by atoms with E-state index in [1.54, 1.807) is 6.20 Å². The fraction of sp³-hybridized carbons (Fsp3) is 0.500. The van der Waals surface area contributed by atoms with Crippen molar-refractivity contribution in [2.75, 3.05) is 13.1 Å². The summed E-state index contributed by atoms with van der Waals surface area (Å²) in [5.41, 5.74) is 0.737. The van der Waals surface area contributed by atoms with Gasteiger partial charge < -0.3 is 4.90 Å². The molecule has 126 valence electrons. The highest BCUT2D eigenvalue weighted by Gasteiger charge is 2.46. The lowest BCUT2D eigenvalue weighted by Crippen LogP contribution is -2.44. The van der Waals surface area contributed by atoms with Crippen LogP contribution in [0.4, 0.5) is 0 Å². The van der Waals surface area contributed by atoms with Crippen LogP contribution in [0.1, 0.15) is 43.7 Å². The average molecular weight is 345 g/mol. The van der Waals surface area contributed by atoms with Gasteiger partial charge in [0, 0.05) is 24.3 Å². The van der Waals surface area contributed by atoms with Gasteiger partial charge in [-0.05, 0) is 37.0 Å². The molecule has 1 amide bonds. The monoisotopic (exact) mass is 344 g/mol. The predicted molar refractivity (Wildman–Crippen MR) is 91.9 cm³/mol. The molecular formula is C18H21ClN4O. The van der Waals surface area contributed by atoms with E-state index in [-0.39, 0.29) is 17.4 Å². The molecule has 5 nitrogen and oxygen atoms in total. The first-order chi connectivity index (χ1) is 11.7. The molecule has 24 heavy (non-hydrogen) atoms. The van der Waals surface area contributed by atoms with E-state index in [1.165, 1.54) is 0 Å². The van der Waals surface area contributed by atoms with Crippen LogP contribution in [-0.4, -0.2) is 38.9 Å². The molecule has 1 aromatic carbocycles. The van der Waals surface area contributed by atoms with Crippen LogP contribution in [0.15, 0.2) is 36.7 Å². The van der Waals surface area contributed by atoms with Gasteiger partial charge in [0.05, 0.1) is 17.7 Å². The van der Waals surface area contributed by atoms with E-state index < -0.39 is 0 Å². The molecular weight excluding hydrogens is 324 g/mol. The van der Waals surface area contributed by atoms with Gasteiger partial charge in [-0.2, -0.15) is 0 Å². The molecule has 1 aliphatic carbocycles. The van der Waals surface area contributed by atoms with Crippen molar-refractivity contribution in [3.8, 4) is 0 Å². The van der Waals surface area contributed by atoms with Gasteiger partial charge >= 0.3 is 0 Å². The number of halogens is 1. The summed E-state index contributed by atoms with van der Waals surface area (Å²) in [7, 11) is 0. The van der Waals surface area contributed by atoms with Crippen molar-refractivity contribution in [1.29, 1.82) is 0 Å². The smallest absolute Gasteiger partial charge is 0.233 e. The third-order valence-corrected chi connectivity index (χ3v) is 5.78. The predicted octanol–water partition coefficient (Wildman–Crippen LogP) is 3.22. The normalized spacial score (nSPS) is 22.9. The van der Waals surface area contributed by atoms with Crippen molar-refractivity contribution in [2.24, 2.45) is 0 Å². The molecule has 1 atom stereocenters. The minimum absolute atomic E-state index is 0.236. The third-order valence-electron chi connectivity index (χ3n) is 5.53. The summed E-state index contributed by atoms with van der Waals surface area (Å²) >= 11 is 6.04. The fourth-order valence-electron chi connectivity index (χ4n) is 4.23. The number of benzene rings is 1. The lowest BCUT2D eigenvalue weighted by atomic mass is 9.77. The Kier molecular flexibility index (Phi) is 4.04. The summed E-state index contributed by atoms with van der Waals surface area (Å²) in [5.74, 6) is 0.268. The van der Waals surface area contributed by atoms with E-state index in [4.69, 9.17) is 11.6 Å². The third kappa shape index (κ3) is 2.61. The quantitative estimate of drug-likeness (QED) is 0.859. The number of nitrogens with zero attached hydrogens (tertiary/aromatic N) is 4. The maximum Gasteiger partial charge on any atom is 0.233 e. The highest BCUT2D eigenvalue weighted by atomic mass is 35.5. The number of amides is 1. The summed E-state index contributed by atoms with van der Waals surface area (Å²) in [5, 5.41) is 8.68. The van der Waals surface area contributed by atoms with Gasteiger partial charge in [-0.15, -0.1) is 5.10 Å². The number of likely N-dealkylation sites (tertiary alicyclic amines) is 1. The van der Waals surface area contributed by atoms with E-state index in [2.05, 4.69) is 10.3 Å². The van der Waals surface area contributed by atoms with E-state index >= 15 is 0 Å². The standard InChI is InChI=1S/C18H21ClN4O/c19-15-5-3-14(4-6-15)18(8-1-2-9-18)17(24)22-11-7-16(13-22)23-12-10-20-21-23/h3-6,10,12,16H,1-2,7-9,11,13H2/t16-/m0/s1. The summed E-state index contributed by atoms with van der Waals surface area (Å²) in [4.78, 5) is 15.4. The first kappa shape index (κ1) is 15.6. The van der Waals surface area contributed by atoms with Gasteiger partial charge in [0.2, 0.25) is 5.91 Å². The Morgan fingerprint density at radius 1 is 1.21 bits per heavy atom. The second kappa shape index (κ2) is 6.20. The molecule has 0 bridgehead atoms. The molecule has 0 unspecified atom stereocenters. The fourth-order valence-corrected chi connectivity index (χ4v) is 4.36. The van der Waals surface area contributed by atoms with Gasteiger partial charge in [-0.1, -0.05) is 41.8 Å². The number of carbonyl (C=O) groups excluding carboxylic acids is 1. The van der Waals surface area contributed by atoms with Crippen molar-refractivity contribution in [3.63, 3.8) is 0 Å². The zero-order chi connectivity index (χ0) is 16.6. The Morgan fingerprint density at radius 2 is 1.96 bits per heavy atom. The summed E-state index contributed by atoms with van der Waals surface area (Å²) in [6.45, 7) is 1.51. The van der Waals surface area contributed by atoms with Crippen LogP contribution in [0.2, 0.25) is 5.02 Å². The molecule has 2 heterocycles. The minimum Gasteiger partial charge on any atom is -0.340 e. The molecule has 2 aromatic rings. The first-order valence-electron chi connectivity index (χ1n) is 8.60. The molecule has 4 rings (SSSR count). The molecule has 0 N–H and O–H groups in total. The Morgan fingerprint density at radius 3 is 2.62 bits per heavy atom. The highest BCUT2D eigenvalue weighted by molar-refractivity contribution is 6.30. The van der Waals surface area contributed by atoms with Crippen LogP contribution >= 0.6 is 11.6 Å². The SMILES string of the molecule is O=C(N1CC[C@H](n2ccnn2)C1)C1(c2ccc(Cl)cc2)CCCC1. The molecule has 1 saturated heterocycles. The van der Waals surface area contributed by atoms with Crippen molar-refractivity contribution < 1.29 is 4.79 Å². The molecule has 2 fully saturated rings. The largest absolute Gasteiger partial charge is 0.340 e. The number of rotatable bonds is 3. The lowest BCUT2D eigenvalue weighted by molar-refractivity contribution is -0.136. The maximum absolute atomic E-state index is 13.4. The number of carbonyl (C=O) groups is 1. The van der Waals surface area contributed by atoms with Gasteiger partial charge in [-0.3, -0.25) is 4.79 Å². The second-order valence-corrected chi connectivity index (χ2v) is 7.31. The Balaban J connectivity index is 1.58. The van der Waals surface area contributed by atoms with E-state index in [1.807, 2.05) is 40.0 Å². The summed E-state index contributed by atoms with van der Waals surface area (Å²) in [6, 6.07) is 8.08. The molecule has 6 heteroatoms. The van der Waals surface area contributed by atoms with Crippen molar-refractivity contribution in [3.05, 3.63) is 47.2 Å². The number of hydrogen-bond donors (Lipinski definition) is 0. The van der Waals surface area contributed by atoms with E-state index in [0.29, 0.717) is 5.02 Å². The number of aromatic nitrogens is 3. The molecule has 1 saturated carbocycles. The van der Waals surface area contributed by atoms with Crippen LogP contribution in [0.3, 0.4) is 0 Å². The van der Waals surface area contributed by atoms with E-state index in [9.17, 15) is 4.79 Å². The topological polar surface area (TPSA) is 51.0 Å². The van der Waals surface area contributed by atoms with Crippen LogP contribution in [0.5, 0.6) is 0 Å². The van der Waals surface area contributed by atoms with Crippen molar-refractivity contribution >= 4 is 17.5 Å². The number of hydrogen-bond acceptors (Lipinski definition) is 3. The van der Waals surface area contributed by atoms with Gasteiger partial charge in [-0.25, -0.2) is 4.68 Å². The Labute approximate surface area is 146 Å². The first-order valence-corrected chi connectivity index (χ1v) is 8.98. The lowest BCUT2D eigenvalue weighted by Gasteiger charge is -2.33. The van der Waals surface area contributed by atoms with Gasteiger partial charge in [0.1, 0.15) is 0 Å². The zero-order valence-corrected chi connectivity index (χ0v) is 14.3. The molecule has 1 aliphatic heterocycles.